The monoisotopic (exact) mass is 658 g/mol. The van der Waals surface area contributed by atoms with Crippen molar-refractivity contribution in [2.24, 2.45) is 0 Å². The molecule has 0 aromatic heterocycles. The Labute approximate surface area is 259 Å². The zero-order chi connectivity index (χ0) is 32.5. The van der Waals surface area contributed by atoms with Crippen LogP contribution >= 0.6 is 15.6 Å². The van der Waals surface area contributed by atoms with Gasteiger partial charge in [-0.1, -0.05) is 27.7 Å². The summed E-state index contributed by atoms with van der Waals surface area (Å²) >= 11 is 0. The van der Waals surface area contributed by atoms with Gasteiger partial charge in [0, 0.05) is 61.4 Å². The number of hydrogen-bond donors (Lipinski definition) is 4. The molecule has 0 aromatic carbocycles. The molecule has 13 nitrogen and oxygen atoms in total. The second-order valence-electron chi connectivity index (χ2n) is 13.3. The van der Waals surface area contributed by atoms with E-state index in [1.165, 1.54) is 0 Å². The molecule has 0 saturated carbocycles. The fourth-order valence-electron chi connectivity index (χ4n) is 5.96. The summed E-state index contributed by atoms with van der Waals surface area (Å²) in [5.41, 5.74) is 0. The van der Waals surface area contributed by atoms with Crippen molar-refractivity contribution in [3.8, 4) is 0 Å². The lowest BCUT2D eigenvalue weighted by atomic mass is 10.1. The molecule has 2 heterocycles. The number of phosphoric acid groups is 2. The highest BCUT2D eigenvalue weighted by molar-refractivity contribution is 7.47. The zero-order valence-corrected chi connectivity index (χ0v) is 29.8. The molecule has 0 aliphatic carbocycles. The quantitative estimate of drug-likeness (QED) is 0.141. The summed E-state index contributed by atoms with van der Waals surface area (Å²) in [4.78, 5) is 25.3. The Balaban J connectivity index is 1.88. The van der Waals surface area contributed by atoms with Crippen LogP contribution in [0.4, 0.5) is 0 Å². The number of hydrogen-bond acceptors (Lipinski definition) is 11. The van der Waals surface area contributed by atoms with E-state index in [4.69, 9.17) is 22.8 Å². The molecule has 4 N–H and O–H groups in total. The fraction of sp³-hybridized carbons (Fsp3) is 1.00. The third-order valence-corrected chi connectivity index (χ3v) is 9.45. The molecule has 0 amide bonds. The van der Waals surface area contributed by atoms with Crippen LogP contribution in [-0.4, -0.2) is 120 Å². The highest BCUT2D eigenvalue weighted by Gasteiger charge is 2.38. The lowest BCUT2D eigenvalue weighted by Crippen LogP contribution is -2.40. The van der Waals surface area contributed by atoms with Gasteiger partial charge in [0.1, 0.15) is 6.10 Å². The lowest BCUT2D eigenvalue weighted by molar-refractivity contribution is -0.0514. The van der Waals surface area contributed by atoms with Crippen LogP contribution in [0.25, 0.3) is 0 Å². The standard InChI is InChI=1S/C28H60N4O9P2/c1-19(2)29-24-11-26(31(13-24)21(5)6)15-37-42(33,34)39-17-28(41-23(9)10)18-40-43(35,36)38-16-27-12-25(30-20(3)4)14-32(27)22(7)8/h19-30H,11-18H2,1-10H3,(H,33,34)(H,35,36)/t24-,25+,26-,27+,28?. The van der Waals surface area contributed by atoms with Crippen LogP contribution in [0.15, 0.2) is 0 Å². The molecule has 0 radical (unpaired) electrons. The maximum Gasteiger partial charge on any atom is 0.472 e. The average molecular weight is 659 g/mol. The molecule has 2 rings (SSSR count). The Morgan fingerprint density at radius 3 is 1.35 bits per heavy atom. The van der Waals surface area contributed by atoms with Gasteiger partial charge in [-0.15, -0.1) is 0 Å². The first-order valence-corrected chi connectivity index (χ1v) is 18.8. The van der Waals surface area contributed by atoms with Crippen molar-refractivity contribution in [2.45, 2.75) is 143 Å². The van der Waals surface area contributed by atoms with Gasteiger partial charge >= 0.3 is 15.6 Å². The SMILES string of the molecule is CC(C)N[C@@H]1C[C@H](COP(=O)(O)OCC(COP(=O)(O)OC[C@@H]2C[C@H](NC(C)C)CN2C(C)C)OC(C)C)N(C(C)C)C1. The second kappa shape index (κ2) is 17.8. The van der Waals surface area contributed by atoms with Crippen LogP contribution in [-0.2, 0) is 32.0 Å². The molecular formula is C28H60N4O9P2. The van der Waals surface area contributed by atoms with Crippen molar-refractivity contribution in [1.82, 2.24) is 20.4 Å². The summed E-state index contributed by atoms with van der Waals surface area (Å²) in [6.45, 7) is 21.3. The molecule has 2 aliphatic rings. The van der Waals surface area contributed by atoms with Crippen LogP contribution < -0.4 is 10.6 Å². The third-order valence-electron chi connectivity index (χ3n) is 7.55. The van der Waals surface area contributed by atoms with Gasteiger partial charge in [0.05, 0.1) is 32.5 Å². The minimum absolute atomic E-state index is 0.0355. The summed E-state index contributed by atoms with van der Waals surface area (Å²) in [6.07, 6.45) is 0.395. The van der Waals surface area contributed by atoms with E-state index in [1.54, 1.807) is 13.8 Å². The second-order valence-corrected chi connectivity index (χ2v) is 16.2. The summed E-state index contributed by atoms with van der Waals surface area (Å²) in [7, 11) is -8.85. The van der Waals surface area contributed by atoms with Gasteiger partial charge < -0.3 is 25.2 Å². The number of phosphoric ester groups is 2. The molecule has 7 atom stereocenters. The third kappa shape index (κ3) is 14.5. The summed E-state index contributed by atoms with van der Waals surface area (Å²) in [5, 5.41) is 7.06. The van der Waals surface area contributed by atoms with E-state index in [-0.39, 0.29) is 68.8 Å². The molecular weight excluding hydrogens is 598 g/mol. The van der Waals surface area contributed by atoms with Crippen LogP contribution in [0, 0.1) is 0 Å². The Kier molecular flexibility index (Phi) is 16.2. The van der Waals surface area contributed by atoms with Crippen LogP contribution in [0.1, 0.15) is 82.1 Å². The van der Waals surface area contributed by atoms with Gasteiger partial charge in [-0.05, 0) is 54.4 Å². The number of likely N-dealkylation sites (tertiary alicyclic amines) is 2. The van der Waals surface area contributed by atoms with Gasteiger partial charge in [0.15, 0.2) is 0 Å². The van der Waals surface area contributed by atoms with E-state index in [0.717, 1.165) is 25.9 Å². The molecule has 2 saturated heterocycles. The van der Waals surface area contributed by atoms with Crippen molar-refractivity contribution in [1.29, 1.82) is 0 Å². The van der Waals surface area contributed by atoms with E-state index >= 15 is 0 Å². The Bertz CT molecular complexity index is 845. The zero-order valence-electron chi connectivity index (χ0n) is 28.0. The number of ether oxygens (including phenoxy) is 1. The first-order chi connectivity index (χ1) is 19.9. The first-order valence-electron chi connectivity index (χ1n) is 15.8. The molecule has 15 heteroatoms. The maximum atomic E-state index is 12.8. The average Bonchev–Trinajstić information content (AvgIpc) is 3.46. The predicted molar refractivity (Wildman–Crippen MR) is 168 cm³/mol. The van der Waals surface area contributed by atoms with Gasteiger partial charge in [0.2, 0.25) is 0 Å². The first kappa shape index (κ1) is 39.2. The predicted octanol–water partition coefficient (Wildman–Crippen LogP) is 3.75. The molecule has 256 valence electrons. The van der Waals surface area contributed by atoms with Gasteiger partial charge in [-0.2, -0.15) is 0 Å². The van der Waals surface area contributed by atoms with Crippen molar-refractivity contribution >= 4 is 15.6 Å². The number of nitrogens with one attached hydrogen (secondary N) is 2. The van der Waals surface area contributed by atoms with Crippen LogP contribution in [0.2, 0.25) is 0 Å². The molecule has 2 fully saturated rings. The summed E-state index contributed by atoms with van der Waals surface area (Å²) in [6, 6.07) is 1.65. The highest BCUT2D eigenvalue weighted by atomic mass is 31.2. The van der Waals surface area contributed by atoms with Crippen molar-refractivity contribution < 1.29 is 41.7 Å². The van der Waals surface area contributed by atoms with Crippen molar-refractivity contribution in [2.75, 3.05) is 39.5 Å². The van der Waals surface area contributed by atoms with E-state index in [0.29, 0.717) is 12.1 Å². The Hall–Kier alpha value is 0.0200. The molecule has 2 aliphatic heterocycles. The minimum atomic E-state index is -4.43. The number of rotatable bonds is 20. The molecule has 0 spiro atoms. The Morgan fingerprint density at radius 2 is 1.05 bits per heavy atom. The molecule has 0 aromatic rings. The maximum absolute atomic E-state index is 12.8. The molecule has 0 bridgehead atoms. The highest BCUT2D eigenvalue weighted by Crippen LogP contribution is 2.46. The minimum Gasteiger partial charge on any atom is -0.371 e. The lowest BCUT2D eigenvalue weighted by Gasteiger charge is -2.29. The topological polar surface area (TPSA) is 151 Å². The summed E-state index contributed by atoms with van der Waals surface area (Å²) < 4.78 is 52.6. The van der Waals surface area contributed by atoms with E-state index < -0.39 is 21.7 Å². The fourth-order valence-corrected chi connectivity index (χ4v) is 7.54. The van der Waals surface area contributed by atoms with Crippen LogP contribution in [0.5, 0.6) is 0 Å². The normalized spacial score (nSPS) is 27.7. The molecule has 3 unspecified atom stereocenters. The smallest absolute Gasteiger partial charge is 0.371 e. The largest absolute Gasteiger partial charge is 0.472 e. The number of nitrogens with zero attached hydrogens (tertiary/aromatic N) is 2. The Morgan fingerprint density at radius 1 is 0.674 bits per heavy atom. The van der Waals surface area contributed by atoms with Gasteiger partial charge in [0.25, 0.3) is 0 Å². The van der Waals surface area contributed by atoms with Gasteiger partial charge in [-0.25, -0.2) is 9.13 Å². The van der Waals surface area contributed by atoms with E-state index in [9.17, 15) is 18.9 Å². The summed E-state index contributed by atoms with van der Waals surface area (Å²) in [5.74, 6) is 0. The molecule has 43 heavy (non-hydrogen) atoms. The van der Waals surface area contributed by atoms with Crippen molar-refractivity contribution in [3.63, 3.8) is 0 Å². The van der Waals surface area contributed by atoms with Crippen molar-refractivity contribution in [3.05, 3.63) is 0 Å². The van der Waals surface area contributed by atoms with Gasteiger partial charge in [-0.3, -0.25) is 27.9 Å². The van der Waals surface area contributed by atoms with Crippen LogP contribution in [0.3, 0.4) is 0 Å². The van der Waals surface area contributed by atoms with E-state index in [2.05, 4.69) is 75.8 Å². The van der Waals surface area contributed by atoms with E-state index in [1.807, 2.05) is 0 Å².